The molecule has 3 heterocycles. The highest BCUT2D eigenvalue weighted by atomic mass is 16.3. The SMILES string of the molecule is CC1(C)c2ccc(-c3cccc(-c4nc(-c5ccccc5)nc(-c5ccc(-c6cccnc6)cc5)n4)c3)cc2-c2cc3c(cc21)oc1ccccc13. The van der Waals surface area contributed by atoms with Crippen LogP contribution in [-0.4, -0.2) is 19.9 Å². The molecule has 0 saturated heterocycles. The van der Waals surface area contributed by atoms with Gasteiger partial charge in [0.25, 0.3) is 0 Å². The second-order valence-corrected chi connectivity index (χ2v) is 13.9. The summed E-state index contributed by atoms with van der Waals surface area (Å²) in [5, 5.41) is 2.29. The van der Waals surface area contributed by atoms with Crippen molar-refractivity contribution >= 4 is 21.9 Å². The van der Waals surface area contributed by atoms with Gasteiger partial charge in [0, 0.05) is 45.3 Å². The van der Waals surface area contributed by atoms with Crippen molar-refractivity contribution in [3.63, 3.8) is 0 Å². The zero-order chi connectivity index (χ0) is 34.8. The van der Waals surface area contributed by atoms with E-state index in [2.05, 4.69) is 116 Å². The van der Waals surface area contributed by atoms with Gasteiger partial charge in [-0.1, -0.05) is 123 Å². The highest BCUT2D eigenvalue weighted by Gasteiger charge is 2.36. The Balaban J connectivity index is 1.07. The lowest BCUT2D eigenvalue weighted by Crippen LogP contribution is -2.14. The van der Waals surface area contributed by atoms with Gasteiger partial charge in [-0.3, -0.25) is 4.98 Å². The Bertz CT molecular complexity index is 2800. The molecule has 0 unspecified atom stereocenters. The highest BCUT2D eigenvalue weighted by Crippen LogP contribution is 2.51. The monoisotopic (exact) mass is 668 g/mol. The highest BCUT2D eigenvalue weighted by molar-refractivity contribution is 6.08. The molecule has 0 N–H and O–H groups in total. The van der Waals surface area contributed by atoms with Crippen LogP contribution < -0.4 is 0 Å². The van der Waals surface area contributed by atoms with Gasteiger partial charge in [0.15, 0.2) is 17.5 Å². The number of aromatic nitrogens is 4. The Morgan fingerprint density at radius 1 is 0.423 bits per heavy atom. The van der Waals surface area contributed by atoms with E-state index in [0.29, 0.717) is 17.5 Å². The van der Waals surface area contributed by atoms with Crippen LogP contribution in [-0.2, 0) is 5.41 Å². The van der Waals surface area contributed by atoms with Crippen molar-refractivity contribution in [3.8, 4) is 67.5 Å². The number of hydrogen-bond acceptors (Lipinski definition) is 5. The van der Waals surface area contributed by atoms with Crippen LogP contribution in [0.2, 0.25) is 0 Å². The first-order chi connectivity index (χ1) is 25.5. The van der Waals surface area contributed by atoms with Crippen LogP contribution in [0.5, 0.6) is 0 Å². The molecule has 1 aliphatic rings. The fourth-order valence-electron chi connectivity index (χ4n) is 7.68. The number of fused-ring (bicyclic) bond motifs is 6. The molecule has 3 aromatic heterocycles. The van der Waals surface area contributed by atoms with Crippen LogP contribution in [0, 0.1) is 0 Å². The number of hydrogen-bond donors (Lipinski definition) is 0. The van der Waals surface area contributed by atoms with Gasteiger partial charge in [0.1, 0.15) is 11.2 Å². The fourth-order valence-corrected chi connectivity index (χ4v) is 7.68. The summed E-state index contributed by atoms with van der Waals surface area (Å²) in [5.74, 6) is 1.89. The van der Waals surface area contributed by atoms with Crippen LogP contribution in [0.4, 0.5) is 0 Å². The molecular weight excluding hydrogens is 637 g/mol. The molecule has 0 amide bonds. The van der Waals surface area contributed by atoms with Crippen molar-refractivity contribution in [2.75, 3.05) is 0 Å². The summed E-state index contributed by atoms with van der Waals surface area (Å²) in [7, 11) is 0. The minimum atomic E-state index is -0.149. The molecule has 0 atom stereocenters. The average molecular weight is 669 g/mol. The molecule has 52 heavy (non-hydrogen) atoms. The maximum absolute atomic E-state index is 6.30. The van der Waals surface area contributed by atoms with E-state index in [4.69, 9.17) is 19.4 Å². The molecule has 6 aromatic carbocycles. The largest absolute Gasteiger partial charge is 0.456 e. The quantitative estimate of drug-likeness (QED) is 0.183. The van der Waals surface area contributed by atoms with E-state index in [1.165, 1.54) is 22.3 Å². The summed E-state index contributed by atoms with van der Waals surface area (Å²) in [6.45, 7) is 4.61. The fraction of sp³-hybridized carbons (Fsp3) is 0.0638. The number of rotatable bonds is 5. The summed E-state index contributed by atoms with van der Waals surface area (Å²) < 4.78 is 6.30. The van der Waals surface area contributed by atoms with Crippen molar-refractivity contribution in [1.29, 1.82) is 0 Å². The van der Waals surface area contributed by atoms with Gasteiger partial charge in [-0.25, -0.2) is 15.0 Å². The van der Waals surface area contributed by atoms with Gasteiger partial charge >= 0.3 is 0 Å². The topological polar surface area (TPSA) is 64.7 Å². The maximum atomic E-state index is 6.30. The van der Waals surface area contributed by atoms with Gasteiger partial charge in [0.05, 0.1) is 0 Å². The summed E-state index contributed by atoms with van der Waals surface area (Å²) in [4.78, 5) is 19.3. The maximum Gasteiger partial charge on any atom is 0.164 e. The number of benzene rings is 6. The van der Waals surface area contributed by atoms with E-state index >= 15 is 0 Å². The molecule has 0 bridgehead atoms. The van der Waals surface area contributed by atoms with Crippen LogP contribution in [0.25, 0.3) is 89.5 Å². The lowest BCUT2D eigenvalue weighted by atomic mass is 9.82. The zero-order valence-corrected chi connectivity index (χ0v) is 28.7. The third kappa shape index (κ3) is 4.93. The van der Waals surface area contributed by atoms with Crippen LogP contribution in [0.15, 0.2) is 162 Å². The van der Waals surface area contributed by atoms with Crippen molar-refractivity contribution in [1.82, 2.24) is 19.9 Å². The van der Waals surface area contributed by atoms with Crippen molar-refractivity contribution in [2.45, 2.75) is 19.3 Å². The standard InChI is InChI=1S/C47H32N4O/c1-47(2)40-22-21-33(25-37(40)38-26-39-36-15-6-7-16-42(36)52-43(39)27-41(38)47)32-12-8-13-34(24-32)46-50-44(30-10-4-3-5-11-30)49-45(51-46)31-19-17-29(18-20-31)35-14-9-23-48-28-35/h3-28H,1-2H3. The minimum absolute atomic E-state index is 0.149. The number of para-hydroxylation sites is 1. The predicted octanol–water partition coefficient (Wildman–Crippen LogP) is 11.8. The Kier molecular flexibility index (Phi) is 6.77. The normalized spacial score (nSPS) is 13.0. The van der Waals surface area contributed by atoms with Crippen LogP contribution in [0.3, 0.4) is 0 Å². The summed E-state index contributed by atoms with van der Waals surface area (Å²) in [6.07, 6.45) is 3.66. The van der Waals surface area contributed by atoms with E-state index in [0.717, 1.165) is 60.9 Å². The van der Waals surface area contributed by atoms with Gasteiger partial charge in [-0.05, 0) is 80.9 Å². The molecule has 0 spiro atoms. The molecule has 246 valence electrons. The molecule has 10 rings (SSSR count). The van der Waals surface area contributed by atoms with Gasteiger partial charge in [-0.2, -0.15) is 0 Å². The van der Waals surface area contributed by atoms with E-state index < -0.39 is 0 Å². The van der Waals surface area contributed by atoms with Crippen LogP contribution >= 0.6 is 0 Å². The molecular formula is C47H32N4O. The van der Waals surface area contributed by atoms with Crippen LogP contribution in [0.1, 0.15) is 25.0 Å². The van der Waals surface area contributed by atoms with Crippen molar-refractivity contribution < 1.29 is 4.42 Å². The summed E-state index contributed by atoms with van der Waals surface area (Å²) in [5.41, 5.74) is 14.0. The summed E-state index contributed by atoms with van der Waals surface area (Å²) in [6, 6.07) is 50.7. The van der Waals surface area contributed by atoms with E-state index in [9.17, 15) is 0 Å². The van der Waals surface area contributed by atoms with E-state index in [-0.39, 0.29) is 5.41 Å². The Labute approximate surface area is 301 Å². The number of pyridine rings is 1. The van der Waals surface area contributed by atoms with E-state index in [1.54, 1.807) is 6.20 Å². The predicted molar refractivity (Wildman–Crippen MR) is 210 cm³/mol. The molecule has 5 heteroatoms. The number of furan rings is 1. The van der Waals surface area contributed by atoms with E-state index in [1.807, 2.05) is 54.7 Å². The molecule has 0 radical (unpaired) electrons. The van der Waals surface area contributed by atoms with Gasteiger partial charge < -0.3 is 4.42 Å². The lowest BCUT2D eigenvalue weighted by molar-refractivity contribution is 0.647. The van der Waals surface area contributed by atoms with Gasteiger partial charge in [0.2, 0.25) is 0 Å². The first-order valence-corrected chi connectivity index (χ1v) is 17.5. The average Bonchev–Trinajstić information content (AvgIpc) is 3.68. The molecule has 0 fully saturated rings. The molecule has 1 aliphatic carbocycles. The number of nitrogens with zero attached hydrogens (tertiary/aromatic N) is 4. The second kappa shape index (κ2) is 11.7. The molecule has 9 aromatic rings. The molecule has 5 nitrogen and oxygen atoms in total. The smallest absolute Gasteiger partial charge is 0.164 e. The zero-order valence-electron chi connectivity index (χ0n) is 28.7. The minimum Gasteiger partial charge on any atom is -0.456 e. The third-order valence-corrected chi connectivity index (χ3v) is 10.4. The Hall–Kier alpha value is -6.72. The second-order valence-electron chi connectivity index (χ2n) is 13.9. The molecule has 0 saturated carbocycles. The Morgan fingerprint density at radius 3 is 1.83 bits per heavy atom. The lowest BCUT2D eigenvalue weighted by Gasteiger charge is -2.21. The first kappa shape index (κ1) is 30.1. The van der Waals surface area contributed by atoms with Gasteiger partial charge in [-0.15, -0.1) is 0 Å². The Morgan fingerprint density at radius 2 is 1.04 bits per heavy atom. The first-order valence-electron chi connectivity index (χ1n) is 17.5. The summed E-state index contributed by atoms with van der Waals surface area (Å²) >= 11 is 0. The molecule has 0 aliphatic heterocycles. The third-order valence-electron chi connectivity index (χ3n) is 10.4. The van der Waals surface area contributed by atoms with Crippen molar-refractivity contribution in [3.05, 3.63) is 169 Å². The van der Waals surface area contributed by atoms with Crippen molar-refractivity contribution in [2.24, 2.45) is 0 Å².